The van der Waals surface area contributed by atoms with Crippen LogP contribution in [0.25, 0.3) is 28.2 Å². The summed E-state index contributed by atoms with van der Waals surface area (Å²) in [5.41, 5.74) is 3.85. The highest BCUT2D eigenvalue weighted by atomic mass is 16.5. The van der Waals surface area contributed by atoms with Crippen molar-refractivity contribution in [1.82, 2.24) is 4.57 Å². The first-order chi connectivity index (χ1) is 12.2. The third kappa shape index (κ3) is 3.05. The summed E-state index contributed by atoms with van der Waals surface area (Å²) in [6.07, 6.45) is 1.63. The number of benzene rings is 2. The maximum absolute atomic E-state index is 12.0. The zero-order chi connectivity index (χ0) is 17.8. The van der Waals surface area contributed by atoms with E-state index < -0.39 is 5.97 Å². The van der Waals surface area contributed by atoms with Crippen LogP contribution in [0.3, 0.4) is 0 Å². The number of nitriles is 1. The first-order valence-corrected chi connectivity index (χ1v) is 8.09. The second-order valence-corrected chi connectivity index (χ2v) is 5.59. The van der Waals surface area contributed by atoms with Gasteiger partial charge in [-0.15, -0.1) is 0 Å². The van der Waals surface area contributed by atoms with Gasteiger partial charge in [0.05, 0.1) is 12.3 Å². The summed E-state index contributed by atoms with van der Waals surface area (Å²) in [7, 11) is 1.98. The molecule has 1 aromatic heterocycles. The molecule has 0 aliphatic heterocycles. The van der Waals surface area contributed by atoms with E-state index in [-0.39, 0.29) is 12.2 Å². The number of esters is 1. The Balaban J connectivity index is 2.30. The molecule has 0 fully saturated rings. The molecule has 0 amide bonds. The second kappa shape index (κ2) is 7.06. The number of hydrogen-bond donors (Lipinski definition) is 0. The zero-order valence-corrected chi connectivity index (χ0v) is 14.2. The third-order valence-electron chi connectivity index (χ3n) is 4.10. The van der Waals surface area contributed by atoms with Crippen molar-refractivity contribution in [2.24, 2.45) is 7.05 Å². The largest absolute Gasteiger partial charge is 0.462 e. The Kier molecular flexibility index (Phi) is 4.67. The van der Waals surface area contributed by atoms with Crippen LogP contribution in [0.4, 0.5) is 0 Å². The molecule has 124 valence electrons. The molecule has 1 heterocycles. The minimum Gasteiger partial charge on any atom is -0.462 e. The smallest absolute Gasteiger partial charge is 0.348 e. The lowest BCUT2D eigenvalue weighted by molar-refractivity contribution is -0.137. The van der Waals surface area contributed by atoms with Crippen molar-refractivity contribution < 1.29 is 9.53 Å². The molecule has 0 saturated carbocycles. The lowest BCUT2D eigenvalue weighted by atomic mass is 10.0. The molecule has 4 heteroatoms. The van der Waals surface area contributed by atoms with Crippen LogP contribution in [0.1, 0.15) is 12.5 Å². The zero-order valence-electron chi connectivity index (χ0n) is 14.2. The molecular weight excluding hydrogens is 312 g/mol. The molecule has 0 N–H and O–H groups in total. The number of rotatable bonds is 4. The SMILES string of the molecule is CCOC(=O)/C(C#N)=C/c1c(-c2ccccc2)n(C)c2ccccc12. The standard InChI is InChI=1S/C21H18N2O2/c1-3-25-21(24)16(14-22)13-18-17-11-7-8-12-19(17)23(2)20(18)15-9-5-4-6-10-15/h4-13H,3H2,1-2H3/b16-13+. The van der Waals surface area contributed by atoms with E-state index in [0.29, 0.717) is 0 Å². The summed E-state index contributed by atoms with van der Waals surface area (Å²) < 4.78 is 7.08. The summed E-state index contributed by atoms with van der Waals surface area (Å²) in [5, 5.41) is 10.4. The van der Waals surface area contributed by atoms with Gasteiger partial charge < -0.3 is 9.30 Å². The van der Waals surface area contributed by atoms with Crippen LogP contribution in [0, 0.1) is 11.3 Å². The number of para-hydroxylation sites is 1. The molecule has 0 spiro atoms. The Hall–Kier alpha value is -3.32. The number of carbonyl (C=O) groups is 1. The van der Waals surface area contributed by atoms with Gasteiger partial charge in [-0.25, -0.2) is 4.79 Å². The lowest BCUT2D eigenvalue weighted by Crippen LogP contribution is -2.06. The number of aryl methyl sites for hydroxylation is 1. The van der Waals surface area contributed by atoms with Gasteiger partial charge in [0.2, 0.25) is 0 Å². The first-order valence-electron chi connectivity index (χ1n) is 8.09. The van der Waals surface area contributed by atoms with E-state index in [1.54, 1.807) is 13.0 Å². The summed E-state index contributed by atoms with van der Waals surface area (Å²) in [4.78, 5) is 12.0. The van der Waals surface area contributed by atoms with Gasteiger partial charge in [-0.2, -0.15) is 5.26 Å². The Morgan fingerprint density at radius 2 is 1.84 bits per heavy atom. The maximum atomic E-state index is 12.0. The fourth-order valence-electron chi connectivity index (χ4n) is 3.00. The fraction of sp³-hybridized carbons (Fsp3) is 0.143. The monoisotopic (exact) mass is 330 g/mol. The van der Waals surface area contributed by atoms with E-state index in [1.807, 2.05) is 67.7 Å². The van der Waals surface area contributed by atoms with Gasteiger partial charge in [0.1, 0.15) is 11.6 Å². The number of aromatic nitrogens is 1. The molecule has 0 atom stereocenters. The minimum atomic E-state index is -0.600. The molecule has 3 rings (SSSR count). The van der Waals surface area contributed by atoms with Gasteiger partial charge in [0, 0.05) is 23.5 Å². The van der Waals surface area contributed by atoms with E-state index in [0.717, 1.165) is 27.7 Å². The molecule has 25 heavy (non-hydrogen) atoms. The molecule has 3 aromatic rings. The van der Waals surface area contributed by atoms with Crippen molar-refractivity contribution in [1.29, 1.82) is 5.26 Å². The van der Waals surface area contributed by atoms with E-state index in [1.165, 1.54) is 0 Å². The van der Waals surface area contributed by atoms with Gasteiger partial charge in [-0.1, -0.05) is 48.5 Å². The van der Waals surface area contributed by atoms with Crippen molar-refractivity contribution in [3.05, 3.63) is 65.7 Å². The normalized spacial score (nSPS) is 11.3. The molecule has 4 nitrogen and oxygen atoms in total. The topological polar surface area (TPSA) is 55.0 Å². The van der Waals surface area contributed by atoms with Crippen LogP contribution in [0.5, 0.6) is 0 Å². The van der Waals surface area contributed by atoms with E-state index in [2.05, 4.69) is 4.57 Å². The van der Waals surface area contributed by atoms with Crippen molar-refractivity contribution in [3.63, 3.8) is 0 Å². The molecule has 2 aromatic carbocycles. The van der Waals surface area contributed by atoms with E-state index in [4.69, 9.17) is 4.74 Å². The quantitative estimate of drug-likeness (QED) is 0.407. The summed E-state index contributed by atoms with van der Waals surface area (Å²) in [5.74, 6) is -0.600. The minimum absolute atomic E-state index is 0.00427. The van der Waals surface area contributed by atoms with Crippen molar-refractivity contribution >= 4 is 22.9 Å². The van der Waals surface area contributed by atoms with Crippen molar-refractivity contribution in [2.75, 3.05) is 6.61 Å². The Bertz CT molecular complexity index is 992. The number of nitrogens with zero attached hydrogens (tertiary/aromatic N) is 2. The first kappa shape index (κ1) is 16.5. The van der Waals surface area contributed by atoms with Crippen LogP contribution >= 0.6 is 0 Å². The fourth-order valence-corrected chi connectivity index (χ4v) is 3.00. The molecular formula is C21H18N2O2. The van der Waals surface area contributed by atoms with Crippen LogP contribution in [-0.4, -0.2) is 17.1 Å². The Labute approximate surface area is 146 Å². The molecule has 0 radical (unpaired) electrons. The van der Waals surface area contributed by atoms with Crippen LogP contribution in [0.2, 0.25) is 0 Å². The van der Waals surface area contributed by atoms with Crippen molar-refractivity contribution in [2.45, 2.75) is 6.92 Å². The number of ether oxygens (including phenoxy) is 1. The highest BCUT2D eigenvalue weighted by Crippen LogP contribution is 2.34. The molecule has 0 saturated heterocycles. The summed E-state index contributed by atoms with van der Waals surface area (Å²) in [6.45, 7) is 1.96. The number of hydrogen-bond acceptors (Lipinski definition) is 3. The lowest BCUT2D eigenvalue weighted by Gasteiger charge is -2.07. The second-order valence-electron chi connectivity index (χ2n) is 5.59. The summed E-state index contributed by atoms with van der Waals surface area (Å²) >= 11 is 0. The number of carbonyl (C=O) groups excluding carboxylic acids is 1. The molecule has 0 bridgehead atoms. The van der Waals surface area contributed by atoms with Crippen LogP contribution in [-0.2, 0) is 16.6 Å². The Morgan fingerprint density at radius 1 is 1.16 bits per heavy atom. The molecule has 0 aliphatic carbocycles. The predicted octanol–water partition coefficient (Wildman–Crippen LogP) is 4.32. The summed E-state index contributed by atoms with van der Waals surface area (Å²) in [6, 6.07) is 19.8. The Morgan fingerprint density at radius 3 is 2.52 bits per heavy atom. The van der Waals surface area contributed by atoms with Gasteiger partial charge in [0.25, 0.3) is 0 Å². The predicted molar refractivity (Wildman–Crippen MR) is 98.6 cm³/mol. The van der Waals surface area contributed by atoms with Crippen LogP contribution < -0.4 is 0 Å². The highest BCUT2D eigenvalue weighted by Gasteiger charge is 2.18. The molecule has 0 unspecified atom stereocenters. The van der Waals surface area contributed by atoms with Crippen LogP contribution in [0.15, 0.2) is 60.2 Å². The van der Waals surface area contributed by atoms with Gasteiger partial charge in [-0.3, -0.25) is 0 Å². The average molecular weight is 330 g/mol. The maximum Gasteiger partial charge on any atom is 0.348 e. The van der Waals surface area contributed by atoms with E-state index in [9.17, 15) is 10.1 Å². The van der Waals surface area contributed by atoms with Gasteiger partial charge in [0.15, 0.2) is 0 Å². The molecule has 0 aliphatic rings. The highest BCUT2D eigenvalue weighted by molar-refractivity contribution is 6.04. The van der Waals surface area contributed by atoms with Gasteiger partial charge >= 0.3 is 5.97 Å². The van der Waals surface area contributed by atoms with E-state index >= 15 is 0 Å². The van der Waals surface area contributed by atoms with Crippen molar-refractivity contribution in [3.8, 4) is 17.3 Å². The number of fused-ring (bicyclic) bond motifs is 1. The average Bonchev–Trinajstić information content (AvgIpc) is 2.93. The van der Waals surface area contributed by atoms with Gasteiger partial charge in [-0.05, 0) is 24.6 Å². The third-order valence-corrected chi connectivity index (χ3v) is 4.10.